The topological polar surface area (TPSA) is 63.9 Å². The fourth-order valence-corrected chi connectivity index (χ4v) is 2.86. The molecular formula is C16H15ClNO3+. The Morgan fingerprint density at radius 3 is 2.52 bits per heavy atom. The molecule has 0 spiro atoms. The van der Waals surface area contributed by atoms with E-state index in [9.17, 15) is 15.3 Å². The van der Waals surface area contributed by atoms with Crippen LogP contribution in [0.5, 0.6) is 17.2 Å². The van der Waals surface area contributed by atoms with Crippen LogP contribution in [0.1, 0.15) is 12.0 Å². The first-order valence-corrected chi connectivity index (χ1v) is 7.07. The summed E-state index contributed by atoms with van der Waals surface area (Å²) in [6, 6.07) is 8.36. The lowest BCUT2D eigenvalue weighted by atomic mass is 10.1. The quantitative estimate of drug-likeness (QED) is 0.554. The molecule has 5 heteroatoms. The molecule has 0 saturated heterocycles. The standard InChI is InChI=1S/C16H14ClNO3/c17-15-12-3-1-2-8-18(10-4-6-11(19)7-5-10)13(12)9-14(20)16(15)21/h2,4-7,9H,1,3,8H2,(H2-,19,20,21)/p+1. The van der Waals surface area contributed by atoms with Crippen molar-refractivity contribution >= 4 is 23.0 Å². The average Bonchev–Trinajstić information content (AvgIpc) is 2.68. The number of nitrogens with zero attached hydrogens (tertiary/aromatic N) is 1. The molecule has 1 aliphatic heterocycles. The number of rotatable bonds is 1. The summed E-state index contributed by atoms with van der Waals surface area (Å²) in [6.07, 6.45) is 3.67. The van der Waals surface area contributed by atoms with Gasteiger partial charge in [0.25, 0.3) is 0 Å². The number of fused-ring (bicyclic) bond motifs is 1. The SMILES string of the molecule is Oc1ccc(N2C[CH+]CCc3c2cc(O)c(O)c3Cl)cc1. The Bertz CT molecular complexity index is 670. The number of halogens is 1. The smallest absolute Gasteiger partial charge is 0.176 e. The van der Waals surface area contributed by atoms with Gasteiger partial charge in [-0.3, -0.25) is 0 Å². The Balaban J connectivity index is 2.14. The predicted molar refractivity (Wildman–Crippen MR) is 82.5 cm³/mol. The lowest BCUT2D eigenvalue weighted by molar-refractivity contribution is 0.403. The first kappa shape index (κ1) is 13.8. The highest BCUT2D eigenvalue weighted by Crippen LogP contribution is 2.45. The normalized spacial score (nSPS) is 14.2. The third-order valence-electron chi connectivity index (χ3n) is 3.66. The molecule has 0 amide bonds. The number of phenolic OH excluding ortho intramolecular Hbond substituents is 3. The zero-order valence-corrected chi connectivity index (χ0v) is 12.0. The molecule has 0 bridgehead atoms. The highest BCUT2D eigenvalue weighted by Gasteiger charge is 2.26. The number of phenols is 3. The van der Waals surface area contributed by atoms with E-state index in [1.54, 1.807) is 24.3 Å². The largest absolute Gasteiger partial charge is 0.508 e. The summed E-state index contributed by atoms with van der Waals surface area (Å²) < 4.78 is 0. The van der Waals surface area contributed by atoms with E-state index in [0.717, 1.165) is 23.4 Å². The monoisotopic (exact) mass is 304 g/mol. The molecule has 1 aliphatic rings. The lowest BCUT2D eigenvalue weighted by Gasteiger charge is -2.23. The zero-order chi connectivity index (χ0) is 15.0. The van der Waals surface area contributed by atoms with Crippen molar-refractivity contribution in [1.29, 1.82) is 0 Å². The molecule has 0 radical (unpaired) electrons. The Morgan fingerprint density at radius 1 is 1.10 bits per heavy atom. The third-order valence-corrected chi connectivity index (χ3v) is 4.07. The van der Waals surface area contributed by atoms with Crippen LogP contribution >= 0.6 is 11.6 Å². The van der Waals surface area contributed by atoms with E-state index < -0.39 is 0 Å². The Kier molecular flexibility index (Phi) is 3.47. The second-order valence-corrected chi connectivity index (χ2v) is 5.39. The van der Waals surface area contributed by atoms with Gasteiger partial charge in [-0.05, 0) is 24.3 Å². The first-order valence-electron chi connectivity index (χ1n) is 6.69. The minimum atomic E-state index is -0.275. The van der Waals surface area contributed by atoms with Crippen LogP contribution in [-0.4, -0.2) is 21.9 Å². The number of hydrogen-bond donors (Lipinski definition) is 3. The molecule has 1 heterocycles. The van der Waals surface area contributed by atoms with Gasteiger partial charge in [0.2, 0.25) is 0 Å². The van der Waals surface area contributed by atoms with E-state index in [-0.39, 0.29) is 22.3 Å². The van der Waals surface area contributed by atoms with Crippen LogP contribution in [-0.2, 0) is 6.42 Å². The van der Waals surface area contributed by atoms with Gasteiger partial charge in [0.15, 0.2) is 18.0 Å². The van der Waals surface area contributed by atoms with E-state index in [0.29, 0.717) is 13.0 Å². The van der Waals surface area contributed by atoms with E-state index >= 15 is 0 Å². The highest BCUT2D eigenvalue weighted by atomic mass is 35.5. The molecule has 0 aromatic heterocycles. The van der Waals surface area contributed by atoms with Crippen molar-refractivity contribution in [2.45, 2.75) is 12.8 Å². The Morgan fingerprint density at radius 2 is 1.81 bits per heavy atom. The van der Waals surface area contributed by atoms with Crippen molar-refractivity contribution in [3.8, 4) is 17.2 Å². The van der Waals surface area contributed by atoms with Gasteiger partial charge in [0, 0.05) is 23.7 Å². The fraction of sp³-hybridized carbons (Fsp3) is 0.188. The molecule has 2 aromatic carbocycles. The van der Waals surface area contributed by atoms with Crippen LogP contribution in [0.2, 0.25) is 5.02 Å². The second kappa shape index (κ2) is 5.30. The van der Waals surface area contributed by atoms with E-state index in [2.05, 4.69) is 6.42 Å². The van der Waals surface area contributed by atoms with Crippen molar-refractivity contribution in [2.24, 2.45) is 0 Å². The molecule has 2 aromatic rings. The summed E-state index contributed by atoms with van der Waals surface area (Å²) in [7, 11) is 0. The molecule has 0 atom stereocenters. The van der Waals surface area contributed by atoms with E-state index in [4.69, 9.17) is 11.6 Å². The van der Waals surface area contributed by atoms with Crippen molar-refractivity contribution in [3.63, 3.8) is 0 Å². The molecule has 0 unspecified atom stereocenters. The summed E-state index contributed by atoms with van der Waals surface area (Å²) in [5.41, 5.74) is 2.47. The van der Waals surface area contributed by atoms with Gasteiger partial charge in [0.05, 0.1) is 23.6 Å². The molecule has 21 heavy (non-hydrogen) atoms. The maximum absolute atomic E-state index is 9.85. The number of anilines is 2. The molecule has 3 rings (SSSR count). The minimum absolute atomic E-state index is 0.198. The Labute approximate surface area is 127 Å². The van der Waals surface area contributed by atoms with Gasteiger partial charge in [-0.2, -0.15) is 0 Å². The van der Waals surface area contributed by atoms with E-state index in [1.165, 1.54) is 6.07 Å². The lowest BCUT2D eigenvalue weighted by Crippen LogP contribution is -2.18. The molecular weight excluding hydrogens is 290 g/mol. The molecule has 108 valence electrons. The molecule has 0 aliphatic carbocycles. The predicted octanol–water partition coefficient (Wildman–Crippen LogP) is 3.75. The fourth-order valence-electron chi connectivity index (χ4n) is 2.57. The van der Waals surface area contributed by atoms with Crippen LogP contribution in [0.15, 0.2) is 30.3 Å². The zero-order valence-electron chi connectivity index (χ0n) is 11.3. The summed E-state index contributed by atoms with van der Waals surface area (Å²) >= 11 is 6.18. The number of benzene rings is 2. The minimum Gasteiger partial charge on any atom is -0.508 e. The van der Waals surface area contributed by atoms with Gasteiger partial charge in [0.1, 0.15) is 5.75 Å². The highest BCUT2D eigenvalue weighted by molar-refractivity contribution is 6.33. The van der Waals surface area contributed by atoms with Crippen molar-refractivity contribution in [2.75, 3.05) is 11.4 Å². The molecule has 3 N–H and O–H groups in total. The first-order chi connectivity index (χ1) is 10.1. The van der Waals surface area contributed by atoms with Gasteiger partial charge < -0.3 is 20.2 Å². The van der Waals surface area contributed by atoms with Gasteiger partial charge >= 0.3 is 0 Å². The van der Waals surface area contributed by atoms with Crippen LogP contribution in [0.4, 0.5) is 11.4 Å². The maximum atomic E-state index is 9.85. The maximum Gasteiger partial charge on any atom is 0.176 e. The van der Waals surface area contributed by atoms with Crippen molar-refractivity contribution in [1.82, 2.24) is 0 Å². The average molecular weight is 305 g/mol. The van der Waals surface area contributed by atoms with E-state index in [1.807, 2.05) is 4.90 Å². The van der Waals surface area contributed by atoms with Crippen molar-refractivity contribution < 1.29 is 15.3 Å². The van der Waals surface area contributed by atoms with Gasteiger partial charge in [-0.1, -0.05) is 11.6 Å². The molecule has 4 nitrogen and oxygen atoms in total. The summed E-state index contributed by atoms with van der Waals surface area (Å²) in [4.78, 5) is 1.99. The number of aromatic hydroxyl groups is 3. The van der Waals surface area contributed by atoms with Crippen LogP contribution in [0.3, 0.4) is 0 Å². The molecule has 0 fully saturated rings. The van der Waals surface area contributed by atoms with Crippen LogP contribution in [0.25, 0.3) is 0 Å². The van der Waals surface area contributed by atoms with Gasteiger partial charge in [-0.25, -0.2) is 0 Å². The number of hydrogen-bond acceptors (Lipinski definition) is 4. The molecule has 0 saturated carbocycles. The third kappa shape index (κ3) is 2.43. The Hall–Kier alpha value is -2.20. The van der Waals surface area contributed by atoms with Crippen LogP contribution < -0.4 is 4.90 Å². The van der Waals surface area contributed by atoms with Crippen LogP contribution in [0, 0.1) is 6.42 Å². The second-order valence-electron chi connectivity index (χ2n) is 5.01. The van der Waals surface area contributed by atoms with Gasteiger partial charge in [-0.15, -0.1) is 0 Å². The summed E-state index contributed by atoms with van der Waals surface area (Å²) in [5, 5.41) is 29.3. The van der Waals surface area contributed by atoms with Crippen molar-refractivity contribution in [3.05, 3.63) is 47.3 Å². The summed E-state index contributed by atoms with van der Waals surface area (Å²) in [5.74, 6) is -0.309. The summed E-state index contributed by atoms with van der Waals surface area (Å²) in [6.45, 7) is 0.665.